The summed E-state index contributed by atoms with van der Waals surface area (Å²) in [5.74, 6) is 2.84. The topological polar surface area (TPSA) is 33.0 Å². The van der Waals surface area contributed by atoms with E-state index >= 15 is 0 Å². The van der Waals surface area contributed by atoms with Gasteiger partial charge in [0.2, 0.25) is 0 Å². The van der Waals surface area contributed by atoms with Crippen molar-refractivity contribution in [3.8, 4) is 6.07 Å². The van der Waals surface area contributed by atoms with Gasteiger partial charge in [-0.1, -0.05) is 41.5 Å². The first kappa shape index (κ1) is 16.5. The molecule has 0 N–H and O–H groups in total. The van der Waals surface area contributed by atoms with E-state index in [4.69, 9.17) is 4.74 Å². The number of hydrogen-bond donors (Lipinski definition) is 0. The minimum Gasteiger partial charge on any atom is -0.381 e. The van der Waals surface area contributed by atoms with Gasteiger partial charge >= 0.3 is 0 Å². The third-order valence-corrected chi connectivity index (χ3v) is 6.71. The summed E-state index contributed by atoms with van der Waals surface area (Å²) in [5, 5.41) is 9.29. The molecule has 19 heavy (non-hydrogen) atoms. The first-order chi connectivity index (χ1) is 8.73. The van der Waals surface area contributed by atoms with Crippen LogP contribution in [0.4, 0.5) is 0 Å². The van der Waals surface area contributed by atoms with Gasteiger partial charge in [0, 0.05) is 18.4 Å². The summed E-state index contributed by atoms with van der Waals surface area (Å²) < 4.78 is 5.91. The quantitative estimate of drug-likeness (QED) is 0.759. The van der Waals surface area contributed by atoms with Crippen LogP contribution in [0.25, 0.3) is 0 Å². The predicted octanol–water partition coefficient (Wildman–Crippen LogP) is 4.36. The molecule has 0 aromatic carbocycles. The molecule has 0 aromatic heterocycles. The van der Waals surface area contributed by atoms with Gasteiger partial charge in [-0.2, -0.15) is 5.26 Å². The summed E-state index contributed by atoms with van der Waals surface area (Å²) in [5.41, 5.74) is 0.0647. The largest absolute Gasteiger partial charge is 0.381 e. The Kier molecular flexibility index (Phi) is 5.07. The van der Waals surface area contributed by atoms with Crippen LogP contribution in [-0.4, -0.2) is 13.2 Å². The van der Waals surface area contributed by atoms with E-state index in [9.17, 15) is 5.26 Å². The molecule has 0 spiro atoms. The number of methoxy groups -OCH3 is 1. The maximum atomic E-state index is 9.29. The summed E-state index contributed by atoms with van der Waals surface area (Å²) in [6.45, 7) is 16.0. The highest BCUT2D eigenvalue weighted by atomic mass is 16.5. The summed E-state index contributed by atoms with van der Waals surface area (Å²) in [4.78, 5) is 0. The number of nitrogens with zero attached hydrogens (tertiary/aromatic N) is 1. The van der Waals surface area contributed by atoms with Crippen LogP contribution in [-0.2, 0) is 4.74 Å². The Balaban J connectivity index is 3.22. The number of hydrogen-bond acceptors (Lipinski definition) is 2. The van der Waals surface area contributed by atoms with Crippen molar-refractivity contribution in [1.82, 2.24) is 0 Å². The molecule has 0 saturated heterocycles. The molecular weight excluding hydrogens is 234 g/mol. The molecule has 8 unspecified atom stereocenters. The predicted molar refractivity (Wildman–Crippen MR) is 79.5 cm³/mol. The van der Waals surface area contributed by atoms with Crippen LogP contribution in [0.15, 0.2) is 0 Å². The van der Waals surface area contributed by atoms with Gasteiger partial charge in [-0.05, 0) is 36.5 Å². The third-order valence-electron chi connectivity index (χ3n) is 6.71. The van der Waals surface area contributed by atoms with E-state index in [2.05, 4.69) is 47.6 Å². The van der Waals surface area contributed by atoms with Crippen molar-refractivity contribution >= 4 is 0 Å². The zero-order valence-electron chi connectivity index (χ0n) is 13.9. The van der Waals surface area contributed by atoms with Crippen LogP contribution in [0.2, 0.25) is 0 Å². The van der Waals surface area contributed by atoms with Gasteiger partial charge in [0.25, 0.3) is 0 Å². The molecule has 0 amide bonds. The Bertz CT molecular complexity index is 348. The SMILES string of the molecule is COC1C(C)C(C)C(C)C(C)C1(C)C(C)C(C)C#N. The monoisotopic (exact) mass is 265 g/mol. The molecule has 1 aliphatic rings. The van der Waals surface area contributed by atoms with Gasteiger partial charge in [-0.15, -0.1) is 0 Å². The van der Waals surface area contributed by atoms with Crippen molar-refractivity contribution < 1.29 is 4.74 Å². The number of rotatable bonds is 3. The molecule has 2 heteroatoms. The van der Waals surface area contributed by atoms with E-state index in [1.165, 1.54) is 0 Å². The zero-order chi connectivity index (χ0) is 15.0. The van der Waals surface area contributed by atoms with Crippen molar-refractivity contribution in [3.05, 3.63) is 0 Å². The highest BCUT2D eigenvalue weighted by Gasteiger charge is 2.54. The molecule has 8 atom stereocenters. The number of ether oxygens (including phenoxy) is 1. The smallest absolute Gasteiger partial charge is 0.0658 e. The second-order valence-electron chi connectivity index (χ2n) is 7.09. The van der Waals surface area contributed by atoms with Crippen molar-refractivity contribution in [2.24, 2.45) is 40.9 Å². The lowest BCUT2D eigenvalue weighted by Crippen LogP contribution is -2.57. The van der Waals surface area contributed by atoms with Gasteiger partial charge in [0.1, 0.15) is 0 Å². The van der Waals surface area contributed by atoms with Crippen LogP contribution in [0, 0.1) is 52.3 Å². The molecular formula is C17H31NO. The third kappa shape index (κ3) is 2.42. The molecule has 1 fully saturated rings. The van der Waals surface area contributed by atoms with Crippen molar-refractivity contribution in [1.29, 1.82) is 5.26 Å². The molecule has 2 nitrogen and oxygen atoms in total. The van der Waals surface area contributed by atoms with Gasteiger partial charge in [0.05, 0.1) is 12.2 Å². The lowest BCUT2D eigenvalue weighted by atomic mass is 9.50. The first-order valence-corrected chi connectivity index (χ1v) is 7.65. The average molecular weight is 265 g/mol. The van der Waals surface area contributed by atoms with E-state index in [1.807, 2.05) is 14.0 Å². The van der Waals surface area contributed by atoms with E-state index in [0.717, 1.165) is 0 Å². The second-order valence-corrected chi connectivity index (χ2v) is 7.09. The Labute approximate surface area is 119 Å². The van der Waals surface area contributed by atoms with Crippen LogP contribution in [0.5, 0.6) is 0 Å². The van der Waals surface area contributed by atoms with Crippen LogP contribution < -0.4 is 0 Å². The molecule has 1 rings (SSSR count). The summed E-state index contributed by atoms with van der Waals surface area (Å²) >= 11 is 0. The standard InChI is InChI=1S/C17H31NO/c1-10(9-18)14(5)17(7)15(6)12(3)11(2)13(4)16(17)19-8/h10-16H,1-8H3. The minimum absolute atomic E-state index is 0.0647. The molecule has 110 valence electrons. The molecule has 0 heterocycles. The highest BCUT2D eigenvalue weighted by molar-refractivity contribution is 5.05. The Morgan fingerprint density at radius 2 is 1.58 bits per heavy atom. The second kappa shape index (κ2) is 5.83. The van der Waals surface area contributed by atoms with Crippen molar-refractivity contribution in [3.63, 3.8) is 0 Å². The molecule has 1 aliphatic carbocycles. The van der Waals surface area contributed by atoms with Gasteiger partial charge in [-0.3, -0.25) is 0 Å². The Morgan fingerprint density at radius 3 is 2.00 bits per heavy atom. The van der Waals surface area contributed by atoms with E-state index in [0.29, 0.717) is 29.6 Å². The fraction of sp³-hybridized carbons (Fsp3) is 0.941. The fourth-order valence-corrected chi connectivity index (χ4v) is 4.39. The average Bonchev–Trinajstić information content (AvgIpc) is 2.41. The van der Waals surface area contributed by atoms with Crippen LogP contribution >= 0.6 is 0 Å². The van der Waals surface area contributed by atoms with E-state index in [-0.39, 0.29) is 17.4 Å². The normalized spacial score (nSPS) is 46.4. The van der Waals surface area contributed by atoms with Gasteiger partial charge < -0.3 is 4.74 Å². The zero-order valence-corrected chi connectivity index (χ0v) is 13.9. The maximum absolute atomic E-state index is 9.29. The minimum atomic E-state index is 0.0647. The van der Waals surface area contributed by atoms with Gasteiger partial charge in [-0.25, -0.2) is 0 Å². The van der Waals surface area contributed by atoms with Crippen LogP contribution in [0.3, 0.4) is 0 Å². The van der Waals surface area contributed by atoms with Crippen molar-refractivity contribution in [2.45, 2.75) is 54.6 Å². The van der Waals surface area contributed by atoms with E-state index in [1.54, 1.807) is 0 Å². The maximum Gasteiger partial charge on any atom is 0.0658 e. The lowest BCUT2D eigenvalue weighted by molar-refractivity contribution is -0.163. The summed E-state index contributed by atoms with van der Waals surface area (Å²) in [7, 11) is 1.83. The van der Waals surface area contributed by atoms with Crippen LogP contribution in [0.1, 0.15) is 48.5 Å². The van der Waals surface area contributed by atoms with E-state index < -0.39 is 0 Å². The van der Waals surface area contributed by atoms with Crippen molar-refractivity contribution in [2.75, 3.05) is 7.11 Å². The fourth-order valence-electron chi connectivity index (χ4n) is 4.39. The molecule has 0 aromatic rings. The Morgan fingerprint density at radius 1 is 1.05 bits per heavy atom. The summed E-state index contributed by atoms with van der Waals surface area (Å²) in [6.07, 6.45) is 0.236. The first-order valence-electron chi connectivity index (χ1n) is 7.65. The molecule has 0 radical (unpaired) electrons. The number of nitriles is 1. The molecule has 0 bridgehead atoms. The highest BCUT2D eigenvalue weighted by Crippen LogP contribution is 2.55. The lowest BCUT2D eigenvalue weighted by Gasteiger charge is -2.57. The molecule has 0 aliphatic heterocycles. The summed E-state index contributed by atoms with van der Waals surface area (Å²) in [6, 6.07) is 2.44. The van der Waals surface area contributed by atoms with Gasteiger partial charge in [0.15, 0.2) is 0 Å². The molecule has 1 saturated carbocycles. The Hall–Kier alpha value is -0.550.